The molecule has 0 aromatic carbocycles. The summed E-state index contributed by atoms with van der Waals surface area (Å²) in [6.07, 6.45) is 105. The van der Waals surface area contributed by atoms with Crippen molar-refractivity contribution in [2.45, 2.75) is 347 Å². The quantitative estimate of drug-likeness (QED) is 0.0146. The summed E-state index contributed by atoms with van der Waals surface area (Å²) >= 11 is 0. The van der Waals surface area contributed by atoms with E-state index in [-0.39, 0.29) is 19.3 Å². The largest absolute Gasteiger partial charge is 0.472 e. The lowest BCUT2D eigenvalue weighted by molar-refractivity contribution is -0.161. The number of aliphatic hydroxyl groups is 2. The van der Waals surface area contributed by atoms with Gasteiger partial charge in [-0.15, -0.1) is 0 Å². The predicted octanol–water partition coefficient (Wildman–Crippen LogP) is 25.5. The number of rotatable bonds is 79. The molecule has 0 spiro atoms. The van der Waals surface area contributed by atoms with E-state index in [0.717, 1.165) is 180 Å². The molecule has 0 saturated carbocycles. The molecule has 5 unspecified atom stereocenters. The Hall–Kier alpha value is -5.09. The summed E-state index contributed by atoms with van der Waals surface area (Å²) in [4.78, 5) is 58.9. The molecule has 16 nitrogen and oxygen atoms in total. The Labute approximate surface area is 662 Å². The number of allylic oxidation sites excluding steroid dienone is 28. The SMILES string of the molecule is CC/C=C\C/C=C\C/C=C\C/C=C\C/C=C\C/C=C\CCCCCCCCC(=O)OCC(COP(=O)(O)OCC(O)COP(=O)(O)OCC(O)COC(=O)CCCCCCCCCCCCC/C=C\C/C=C\C/C=C\C/C=C\CCCCC)OC(=O)CCCCCCC/C=C\C/C=C\C/C=C\C/C=C\CCCCC. The van der Waals surface area contributed by atoms with Gasteiger partial charge >= 0.3 is 33.6 Å². The minimum absolute atomic E-state index is 0.0737. The maximum atomic E-state index is 13.0. The highest BCUT2D eigenvalue weighted by Crippen LogP contribution is 2.45. The monoisotopic (exact) mass is 1560 g/mol. The molecule has 0 aliphatic carbocycles. The van der Waals surface area contributed by atoms with E-state index >= 15 is 0 Å². The minimum atomic E-state index is -4.95. The molecule has 5 atom stereocenters. The maximum Gasteiger partial charge on any atom is 0.472 e. The minimum Gasteiger partial charge on any atom is -0.463 e. The van der Waals surface area contributed by atoms with E-state index in [2.05, 4.69) is 191 Å². The number of ether oxygens (including phenoxy) is 3. The molecule has 0 aliphatic heterocycles. The molecule has 622 valence electrons. The average molecular weight is 1560 g/mol. The zero-order valence-corrected chi connectivity index (χ0v) is 70.0. The van der Waals surface area contributed by atoms with Crippen molar-refractivity contribution in [2.75, 3.05) is 39.6 Å². The van der Waals surface area contributed by atoms with Crippen LogP contribution in [0.3, 0.4) is 0 Å². The zero-order chi connectivity index (χ0) is 79.4. The van der Waals surface area contributed by atoms with Crippen LogP contribution in [-0.4, -0.2) is 95.9 Å². The van der Waals surface area contributed by atoms with E-state index in [1.807, 2.05) is 0 Å². The molecule has 0 rings (SSSR count). The van der Waals surface area contributed by atoms with Crippen molar-refractivity contribution >= 4 is 33.6 Å². The summed E-state index contributed by atoms with van der Waals surface area (Å²) in [6.45, 7) is 2.48. The molecule has 0 fully saturated rings. The Kier molecular flexibility index (Phi) is 78.5. The summed E-state index contributed by atoms with van der Waals surface area (Å²) in [5.41, 5.74) is 0. The molecule has 4 N–H and O–H groups in total. The van der Waals surface area contributed by atoms with E-state index in [0.29, 0.717) is 19.3 Å². The van der Waals surface area contributed by atoms with Gasteiger partial charge in [0, 0.05) is 19.3 Å². The first-order valence-electron chi connectivity index (χ1n) is 42.4. The number of esters is 3. The van der Waals surface area contributed by atoms with Crippen LogP contribution in [0.4, 0.5) is 0 Å². The van der Waals surface area contributed by atoms with Crippen LogP contribution < -0.4 is 0 Å². The molecule has 0 heterocycles. The van der Waals surface area contributed by atoms with Crippen molar-refractivity contribution in [3.05, 3.63) is 170 Å². The van der Waals surface area contributed by atoms with E-state index < -0.39 is 91.5 Å². The summed E-state index contributed by atoms with van der Waals surface area (Å²) in [5.74, 6) is -1.62. The van der Waals surface area contributed by atoms with Gasteiger partial charge in [0.15, 0.2) is 6.10 Å². The molecule has 18 heteroatoms. The number of carbonyl (C=O) groups is 3. The van der Waals surface area contributed by atoms with Crippen LogP contribution in [-0.2, 0) is 55.8 Å². The number of hydrogen-bond donors (Lipinski definition) is 4. The second-order valence-corrected chi connectivity index (χ2v) is 30.8. The molecular weight excluding hydrogens is 1410 g/mol. The van der Waals surface area contributed by atoms with E-state index in [1.165, 1.54) is 89.9 Å². The van der Waals surface area contributed by atoms with E-state index in [4.69, 9.17) is 32.3 Å². The number of aliphatic hydroxyl groups excluding tert-OH is 2. The van der Waals surface area contributed by atoms with Gasteiger partial charge in [-0.1, -0.05) is 319 Å². The van der Waals surface area contributed by atoms with Crippen molar-refractivity contribution in [3.8, 4) is 0 Å². The fourth-order valence-corrected chi connectivity index (χ4v) is 12.5. The molecule has 0 saturated heterocycles. The van der Waals surface area contributed by atoms with Crippen molar-refractivity contribution in [2.24, 2.45) is 0 Å². The smallest absolute Gasteiger partial charge is 0.463 e. The lowest BCUT2D eigenvalue weighted by Gasteiger charge is -2.21. The second-order valence-electron chi connectivity index (χ2n) is 27.9. The third kappa shape index (κ3) is 83.7. The van der Waals surface area contributed by atoms with Crippen molar-refractivity contribution in [1.29, 1.82) is 0 Å². The van der Waals surface area contributed by atoms with Crippen LogP contribution in [0, 0.1) is 0 Å². The maximum absolute atomic E-state index is 13.0. The fourth-order valence-electron chi connectivity index (χ4n) is 11.0. The molecule has 0 aromatic heterocycles. The molecule has 0 amide bonds. The van der Waals surface area contributed by atoms with Gasteiger partial charge in [0.25, 0.3) is 0 Å². The van der Waals surface area contributed by atoms with Gasteiger partial charge in [-0.05, 0) is 161 Å². The lowest BCUT2D eigenvalue weighted by atomic mass is 10.0. The fraction of sp³-hybridized carbons (Fsp3) is 0.659. The molecule has 0 aliphatic rings. The topological polar surface area (TPSA) is 231 Å². The van der Waals surface area contributed by atoms with E-state index in [9.17, 15) is 43.5 Å². The van der Waals surface area contributed by atoms with Crippen LogP contribution in [0.2, 0.25) is 0 Å². The third-order valence-electron chi connectivity index (χ3n) is 17.4. The van der Waals surface area contributed by atoms with Gasteiger partial charge in [0.1, 0.15) is 25.4 Å². The zero-order valence-electron chi connectivity index (χ0n) is 68.2. The number of unbranched alkanes of at least 4 members (excludes halogenated alkanes) is 28. The number of hydrogen-bond acceptors (Lipinski definition) is 14. The highest BCUT2D eigenvalue weighted by molar-refractivity contribution is 7.47. The van der Waals surface area contributed by atoms with Crippen molar-refractivity contribution in [3.63, 3.8) is 0 Å². The first-order valence-corrected chi connectivity index (χ1v) is 45.4. The Morgan fingerprint density at radius 1 is 0.266 bits per heavy atom. The normalized spacial score (nSPS) is 14.7. The van der Waals surface area contributed by atoms with Crippen molar-refractivity contribution < 1.29 is 75.8 Å². The number of phosphoric acid groups is 2. The highest BCUT2D eigenvalue weighted by Gasteiger charge is 2.29. The van der Waals surface area contributed by atoms with E-state index in [1.54, 1.807) is 0 Å². The molecular formula is C91H152O16P2. The Bertz CT molecular complexity index is 2660. The molecule has 0 radical (unpaired) electrons. The van der Waals surface area contributed by atoms with Gasteiger partial charge in [0.05, 0.1) is 26.4 Å². The average Bonchev–Trinajstić information content (AvgIpc) is 0.910. The van der Waals surface area contributed by atoms with Gasteiger partial charge in [-0.2, -0.15) is 0 Å². The third-order valence-corrected chi connectivity index (χ3v) is 19.3. The summed E-state index contributed by atoms with van der Waals surface area (Å²) < 4.78 is 61.3. The first kappa shape index (κ1) is 104. The number of phosphoric ester groups is 2. The summed E-state index contributed by atoms with van der Waals surface area (Å²) in [6, 6.07) is 0. The Morgan fingerprint density at radius 2 is 0.486 bits per heavy atom. The van der Waals surface area contributed by atoms with Crippen LogP contribution in [0.25, 0.3) is 0 Å². The van der Waals surface area contributed by atoms with Crippen LogP contribution >= 0.6 is 15.6 Å². The highest BCUT2D eigenvalue weighted by atomic mass is 31.2. The van der Waals surface area contributed by atoms with Gasteiger partial charge in [-0.25, -0.2) is 9.13 Å². The summed E-state index contributed by atoms with van der Waals surface area (Å²) in [5, 5.41) is 20.7. The van der Waals surface area contributed by atoms with Crippen molar-refractivity contribution in [1.82, 2.24) is 0 Å². The second kappa shape index (κ2) is 82.4. The molecule has 109 heavy (non-hydrogen) atoms. The molecule has 0 aromatic rings. The molecule has 0 bridgehead atoms. The Morgan fingerprint density at radius 3 is 0.771 bits per heavy atom. The van der Waals surface area contributed by atoms with Gasteiger partial charge < -0.3 is 34.2 Å². The van der Waals surface area contributed by atoms with Gasteiger partial charge in [0.2, 0.25) is 0 Å². The lowest BCUT2D eigenvalue weighted by Crippen LogP contribution is -2.30. The first-order chi connectivity index (χ1) is 53.2. The predicted molar refractivity (Wildman–Crippen MR) is 454 cm³/mol. The summed E-state index contributed by atoms with van der Waals surface area (Å²) in [7, 11) is -9.82. The Balaban J connectivity index is 4.70. The van der Waals surface area contributed by atoms with Crippen LogP contribution in [0.15, 0.2) is 170 Å². The number of carbonyl (C=O) groups excluding carboxylic acids is 3. The van der Waals surface area contributed by atoms with Crippen LogP contribution in [0.1, 0.15) is 329 Å². The van der Waals surface area contributed by atoms with Crippen LogP contribution in [0.5, 0.6) is 0 Å². The standard InChI is InChI=1S/C91H152O16P2/c1-4-7-10-13-16-19-22-25-28-31-34-37-39-41-42-44-46-48-50-53-56-59-62-65-68-71-74-77-89(94)101-80-86(92)81-103-108(97,98)104-82-87(93)83-105-109(99,100)106-85-88(107-91(96)79-76-73-70-67-64-61-58-55-52-47-36-33-30-27-24-21-18-15-12-9-6-3)84-102-90(95)78-75-72-69-66-63-60-57-54-51-49-45-43-40-38-35-32-29-26-23-20-17-14-11-8-5-2/h8,11,16-21,25-30,34-38,41-43,45,47,51,54-55,58,86-88,92-93H,4-7,9-10,12-15,22-24,31-33,39-40,44,46,48-50,52-53,56-57,59-85H2,1-3H3,(H,97,98)(H,99,100)/b11-8-,19-16-,20-17-,21-18-,28-25-,29-26-,30-27-,37-34-,38-35-,42-41-,45-43-,47-36-,54-51-,58-55-. The van der Waals surface area contributed by atoms with Gasteiger partial charge in [-0.3, -0.25) is 32.5 Å².